The fraction of sp³-hybridized carbons (Fsp3) is 0.111. The van der Waals surface area contributed by atoms with E-state index >= 15 is 0 Å². The van der Waals surface area contributed by atoms with Crippen LogP contribution in [0, 0.1) is 6.92 Å². The molecule has 4 heteroatoms. The number of aryl methyl sites for hydroxylation is 1. The summed E-state index contributed by atoms with van der Waals surface area (Å²) < 4.78 is 12.5. The lowest BCUT2D eigenvalue weighted by Crippen LogP contribution is -2.37. The van der Waals surface area contributed by atoms with Crippen LogP contribution < -0.4 is 9.30 Å². The summed E-state index contributed by atoms with van der Waals surface area (Å²) in [5.74, 6) is 0.0511. The fourth-order valence-electron chi connectivity index (χ4n) is 3.79. The number of methoxy groups -OCH3 is 2. The van der Waals surface area contributed by atoms with Gasteiger partial charge in [-0.25, -0.2) is 4.79 Å². The number of benzene rings is 3. The number of nitrogens with zero attached hydrogens (tertiary/aromatic N) is 1. The molecule has 0 unspecified atom stereocenters. The minimum absolute atomic E-state index is 0.397. The number of rotatable bonds is 5. The minimum atomic E-state index is -0.423. The van der Waals surface area contributed by atoms with Crippen LogP contribution in [0.1, 0.15) is 16.1 Å². The lowest BCUT2D eigenvalue weighted by molar-refractivity contribution is -0.591. The smallest absolute Gasteiger partial charge is 0.341 e. The molecule has 0 radical (unpaired) electrons. The van der Waals surface area contributed by atoms with Crippen LogP contribution >= 0.6 is 0 Å². The lowest BCUT2D eigenvalue weighted by atomic mass is 10.0. The normalized spacial score (nSPS) is 10.5. The maximum Gasteiger partial charge on any atom is 0.341 e. The van der Waals surface area contributed by atoms with Gasteiger partial charge in [-0.2, -0.15) is 4.57 Å². The second-order valence-electron chi connectivity index (χ2n) is 7.21. The van der Waals surface area contributed by atoms with Gasteiger partial charge in [0.1, 0.15) is 11.3 Å². The van der Waals surface area contributed by atoms with Gasteiger partial charge in [0.15, 0.2) is 5.69 Å². The van der Waals surface area contributed by atoms with Crippen molar-refractivity contribution in [3.05, 3.63) is 102 Å². The lowest BCUT2D eigenvalue weighted by Gasteiger charge is -2.12. The van der Waals surface area contributed by atoms with Crippen LogP contribution in [0.15, 0.2) is 91.0 Å². The highest BCUT2D eigenvalue weighted by Crippen LogP contribution is 2.28. The predicted molar refractivity (Wildman–Crippen MR) is 121 cm³/mol. The van der Waals surface area contributed by atoms with Gasteiger partial charge in [0.2, 0.25) is 11.4 Å². The first kappa shape index (κ1) is 20.4. The molecule has 0 saturated carbocycles. The third kappa shape index (κ3) is 4.05. The molecule has 0 saturated heterocycles. The van der Waals surface area contributed by atoms with E-state index in [0.717, 1.165) is 33.8 Å². The van der Waals surface area contributed by atoms with Crippen molar-refractivity contribution >= 4 is 5.97 Å². The van der Waals surface area contributed by atoms with Crippen molar-refractivity contribution in [2.24, 2.45) is 0 Å². The molecule has 0 aliphatic carbocycles. The molecule has 154 valence electrons. The third-order valence-corrected chi connectivity index (χ3v) is 5.28. The van der Waals surface area contributed by atoms with Crippen molar-refractivity contribution in [1.29, 1.82) is 0 Å². The zero-order valence-corrected chi connectivity index (χ0v) is 17.8. The van der Waals surface area contributed by atoms with Crippen molar-refractivity contribution < 1.29 is 18.8 Å². The SMILES string of the molecule is COC(=O)c1ccc(-[n+]2c(C)cc(-c3ccccc3)cc2-c2ccccc2)cc1OC. The van der Waals surface area contributed by atoms with E-state index in [-0.39, 0.29) is 0 Å². The Kier molecular flexibility index (Phi) is 5.80. The number of esters is 1. The standard InChI is InChI=1S/C27H24NO3/c1-19-16-22(20-10-6-4-7-11-20)17-25(21-12-8-5-9-13-21)28(19)23-14-15-24(27(29)31-3)26(18-23)30-2/h4-18H,1-3H3/q+1. The Balaban J connectivity index is 1.95. The molecule has 0 aliphatic rings. The van der Waals surface area contributed by atoms with E-state index in [2.05, 4.69) is 47.9 Å². The van der Waals surface area contributed by atoms with Crippen LogP contribution in [0.4, 0.5) is 0 Å². The Labute approximate surface area is 182 Å². The number of aromatic nitrogens is 1. The van der Waals surface area contributed by atoms with Crippen molar-refractivity contribution in [3.63, 3.8) is 0 Å². The maximum absolute atomic E-state index is 12.1. The molecule has 4 nitrogen and oxygen atoms in total. The van der Waals surface area contributed by atoms with Crippen LogP contribution in [0.2, 0.25) is 0 Å². The van der Waals surface area contributed by atoms with Gasteiger partial charge in [-0.1, -0.05) is 48.5 Å². The Bertz CT molecular complexity index is 1220. The van der Waals surface area contributed by atoms with Gasteiger partial charge in [0.25, 0.3) is 0 Å². The van der Waals surface area contributed by atoms with Gasteiger partial charge < -0.3 is 9.47 Å². The molecule has 0 atom stereocenters. The number of ether oxygens (including phenoxy) is 2. The number of pyridine rings is 1. The van der Waals surface area contributed by atoms with E-state index in [9.17, 15) is 4.79 Å². The van der Waals surface area contributed by atoms with Crippen LogP contribution in [0.25, 0.3) is 28.1 Å². The maximum atomic E-state index is 12.1. The molecule has 4 aromatic rings. The van der Waals surface area contributed by atoms with E-state index in [1.54, 1.807) is 13.2 Å². The van der Waals surface area contributed by atoms with Gasteiger partial charge in [-0.15, -0.1) is 0 Å². The largest absolute Gasteiger partial charge is 0.496 e. The van der Waals surface area contributed by atoms with Gasteiger partial charge in [-0.3, -0.25) is 0 Å². The van der Waals surface area contributed by atoms with Crippen molar-refractivity contribution in [2.75, 3.05) is 14.2 Å². The molecule has 1 aromatic heterocycles. The summed E-state index contributed by atoms with van der Waals surface area (Å²) in [4.78, 5) is 12.1. The summed E-state index contributed by atoms with van der Waals surface area (Å²) in [6.07, 6.45) is 0. The Morgan fingerprint density at radius 2 is 1.39 bits per heavy atom. The highest BCUT2D eigenvalue weighted by Gasteiger charge is 2.24. The first-order valence-electron chi connectivity index (χ1n) is 10.1. The average Bonchev–Trinajstić information content (AvgIpc) is 2.83. The Morgan fingerprint density at radius 1 is 0.742 bits per heavy atom. The van der Waals surface area contributed by atoms with Gasteiger partial charge >= 0.3 is 5.97 Å². The average molecular weight is 410 g/mol. The van der Waals surface area contributed by atoms with Crippen LogP contribution in [-0.4, -0.2) is 20.2 Å². The van der Waals surface area contributed by atoms with E-state index in [0.29, 0.717) is 11.3 Å². The topological polar surface area (TPSA) is 39.4 Å². The second-order valence-corrected chi connectivity index (χ2v) is 7.21. The zero-order chi connectivity index (χ0) is 21.8. The van der Waals surface area contributed by atoms with E-state index in [1.807, 2.05) is 48.5 Å². The summed E-state index contributed by atoms with van der Waals surface area (Å²) >= 11 is 0. The molecule has 3 aromatic carbocycles. The molecule has 1 heterocycles. The molecule has 0 aliphatic heterocycles. The minimum Gasteiger partial charge on any atom is -0.496 e. The molecule has 0 bridgehead atoms. The number of carbonyl (C=O) groups is 1. The van der Waals surface area contributed by atoms with Crippen molar-refractivity contribution in [3.8, 4) is 33.8 Å². The monoisotopic (exact) mass is 410 g/mol. The molecule has 0 fully saturated rings. The van der Waals surface area contributed by atoms with Gasteiger partial charge in [0.05, 0.1) is 20.3 Å². The van der Waals surface area contributed by atoms with E-state index < -0.39 is 5.97 Å². The summed E-state index contributed by atoms with van der Waals surface area (Å²) in [7, 11) is 2.92. The summed E-state index contributed by atoms with van der Waals surface area (Å²) in [6.45, 7) is 2.08. The van der Waals surface area contributed by atoms with Crippen LogP contribution in [0.3, 0.4) is 0 Å². The number of carbonyl (C=O) groups excluding carboxylic acids is 1. The van der Waals surface area contributed by atoms with E-state index in [4.69, 9.17) is 9.47 Å². The summed E-state index contributed by atoms with van der Waals surface area (Å²) in [5.41, 5.74) is 6.81. The van der Waals surface area contributed by atoms with Crippen LogP contribution in [0.5, 0.6) is 5.75 Å². The number of hydrogen-bond donors (Lipinski definition) is 0. The number of hydrogen-bond acceptors (Lipinski definition) is 3. The molecular formula is C27H24NO3+. The van der Waals surface area contributed by atoms with Gasteiger partial charge in [-0.05, 0) is 29.3 Å². The molecule has 0 amide bonds. The first-order valence-corrected chi connectivity index (χ1v) is 10.1. The quantitative estimate of drug-likeness (QED) is 0.327. The van der Waals surface area contributed by atoms with Gasteiger partial charge in [0, 0.05) is 30.7 Å². The molecule has 31 heavy (non-hydrogen) atoms. The van der Waals surface area contributed by atoms with E-state index in [1.165, 1.54) is 7.11 Å². The first-order chi connectivity index (χ1) is 15.1. The Hall–Kier alpha value is -3.92. The third-order valence-electron chi connectivity index (χ3n) is 5.28. The molecular weight excluding hydrogens is 386 g/mol. The highest BCUT2D eigenvalue weighted by molar-refractivity contribution is 5.92. The second kappa shape index (κ2) is 8.84. The molecule has 4 rings (SSSR count). The zero-order valence-electron chi connectivity index (χ0n) is 17.8. The van der Waals surface area contributed by atoms with Crippen molar-refractivity contribution in [2.45, 2.75) is 6.92 Å². The highest BCUT2D eigenvalue weighted by atomic mass is 16.5. The molecule has 0 spiro atoms. The fourth-order valence-corrected chi connectivity index (χ4v) is 3.79. The summed E-state index contributed by atoms with van der Waals surface area (Å²) in [6, 6.07) is 30.5. The van der Waals surface area contributed by atoms with Crippen LogP contribution in [-0.2, 0) is 4.74 Å². The predicted octanol–water partition coefficient (Wildman–Crippen LogP) is 5.40. The van der Waals surface area contributed by atoms with Crippen molar-refractivity contribution in [1.82, 2.24) is 0 Å². The Morgan fingerprint density at radius 3 is 2.00 bits per heavy atom. The summed E-state index contributed by atoms with van der Waals surface area (Å²) in [5, 5.41) is 0. The molecule has 0 N–H and O–H groups in total.